The molecule has 2 aliphatic rings. The molecule has 0 bridgehead atoms. The lowest BCUT2D eigenvalue weighted by Crippen LogP contribution is -2.55. The maximum atomic E-state index is 15.0. The van der Waals surface area contributed by atoms with Crippen molar-refractivity contribution in [3.63, 3.8) is 0 Å². The number of hydrogen-bond acceptors (Lipinski definition) is 4. The first-order valence-corrected chi connectivity index (χ1v) is 9.37. The van der Waals surface area contributed by atoms with E-state index in [-0.39, 0.29) is 17.6 Å². The summed E-state index contributed by atoms with van der Waals surface area (Å²) in [5.74, 6) is -3.73. The topological polar surface area (TPSA) is 43.4 Å². The van der Waals surface area contributed by atoms with Crippen molar-refractivity contribution in [1.29, 1.82) is 0 Å². The van der Waals surface area contributed by atoms with Gasteiger partial charge >= 0.3 is 7.12 Å². The van der Waals surface area contributed by atoms with E-state index in [4.69, 9.17) is 9.31 Å². The van der Waals surface area contributed by atoms with Gasteiger partial charge < -0.3 is 14.6 Å². The molecule has 2 aromatic rings. The first-order valence-electron chi connectivity index (χ1n) is 9.37. The Balaban J connectivity index is 1.88. The van der Waals surface area contributed by atoms with E-state index in [1.54, 1.807) is 6.07 Å². The summed E-state index contributed by atoms with van der Waals surface area (Å²) in [5, 5.41) is 3.22. The maximum Gasteiger partial charge on any atom is 0.494 e. The molecule has 3 heterocycles. The SMILES string of the molecule is CC1(C)NCc2c(cnc3c(F)cc(B4OC(C)(C)C(C)(C)O4)cc23)C1(F)F. The molecule has 150 valence electrons. The first kappa shape index (κ1) is 19.7. The van der Waals surface area contributed by atoms with Crippen molar-refractivity contribution in [2.24, 2.45) is 0 Å². The second kappa shape index (κ2) is 5.71. The zero-order chi connectivity index (χ0) is 20.7. The zero-order valence-corrected chi connectivity index (χ0v) is 16.9. The van der Waals surface area contributed by atoms with Gasteiger partial charge in [0.1, 0.15) is 11.3 Å². The predicted octanol–water partition coefficient (Wildman–Crippen LogP) is 3.65. The zero-order valence-electron chi connectivity index (χ0n) is 16.9. The lowest BCUT2D eigenvalue weighted by molar-refractivity contribution is -0.0919. The normalized spacial score (nSPS) is 24.4. The highest BCUT2D eigenvalue weighted by atomic mass is 19.3. The van der Waals surface area contributed by atoms with Gasteiger partial charge in [0.15, 0.2) is 0 Å². The molecule has 0 aliphatic carbocycles. The van der Waals surface area contributed by atoms with Crippen molar-refractivity contribution < 1.29 is 22.5 Å². The Morgan fingerprint density at radius 3 is 2.25 bits per heavy atom. The number of fused-ring (bicyclic) bond motifs is 3. The summed E-state index contributed by atoms with van der Waals surface area (Å²) in [6, 6.07) is 2.96. The minimum absolute atomic E-state index is 0.0660. The lowest BCUT2D eigenvalue weighted by Gasteiger charge is -2.40. The largest absolute Gasteiger partial charge is 0.494 e. The van der Waals surface area contributed by atoms with Gasteiger partial charge in [-0.05, 0) is 58.6 Å². The molecule has 0 amide bonds. The second-order valence-electron chi connectivity index (χ2n) is 9.19. The monoisotopic (exact) mass is 392 g/mol. The molecular formula is C20H24BF3N2O2. The van der Waals surface area contributed by atoms with Gasteiger partial charge in [0, 0.05) is 23.7 Å². The van der Waals surface area contributed by atoms with Crippen LogP contribution in [0.5, 0.6) is 0 Å². The average Bonchev–Trinajstić information content (AvgIpc) is 2.79. The molecule has 4 nitrogen and oxygen atoms in total. The van der Waals surface area contributed by atoms with Crippen LogP contribution in [0.25, 0.3) is 10.9 Å². The Morgan fingerprint density at radius 1 is 1.04 bits per heavy atom. The van der Waals surface area contributed by atoms with E-state index in [1.807, 2.05) is 27.7 Å². The smallest absolute Gasteiger partial charge is 0.399 e. The van der Waals surface area contributed by atoms with Crippen LogP contribution in [0.1, 0.15) is 52.7 Å². The third kappa shape index (κ3) is 2.61. The number of aromatic nitrogens is 1. The molecule has 0 unspecified atom stereocenters. The number of benzene rings is 1. The van der Waals surface area contributed by atoms with Crippen LogP contribution in [-0.2, 0) is 21.8 Å². The predicted molar refractivity (Wildman–Crippen MR) is 102 cm³/mol. The van der Waals surface area contributed by atoms with E-state index in [2.05, 4.69) is 10.3 Å². The molecule has 0 spiro atoms. The van der Waals surface area contributed by atoms with Crippen molar-refractivity contribution in [1.82, 2.24) is 10.3 Å². The molecule has 2 aliphatic heterocycles. The van der Waals surface area contributed by atoms with Crippen molar-refractivity contribution in [3.05, 3.63) is 35.3 Å². The summed E-state index contributed by atoms with van der Waals surface area (Å²) in [6.45, 7) is 10.7. The molecule has 0 radical (unpaired) electrons. The highest BCUT2D eigenvalue weighted by molar-refractivity contribution is 6.62. The van der Waals surface area contributed by atoms with Crippen molar-refractivity contribution in [2.75, 3.05) is 0 Å². The van der Waals surface area contributed by atoms with Crippen molar-refractivity contribution >= 4 is 23.5 Å². The number of nitrogens with one attached hydrogen (secondary N) is 1. The van der Waals surface area contributed by atoms with Crippen LogP contribution >= 0.6 is 0 Å². The van der Waals surface area contributed by atoms with Crippen LogP contribution in [0.15, 0.2) is 18.3 Å². The van der Waals surface area contributed by atoms with Crippen LogP contribution in [0, 0.1) is 5.82 Å². The lowest BCUT2D eigenvalue weighted by atomic mass is 9.77. The van der Waals surface area contributed by atoms with Gasteiger partial charge in [0.05, 0.1) is 16.7 Å². The third-order valence-corrected chi connectivity index (χ3v) is 6.41. The quantitative estimate of drug-likeness (QED) is 0.753. The molecular weight excluding hydrogens is 368 g/mol. The summed E-state index contributed by atoms with van der Waals surface area (Å²) < 4.78 is 56.7. The van der Waals surface area contributed by atoms with E-state index in [0.29, 0.717) is 16.4 Å². The molecule has 1 aromatic heterocycles. The van der Waals surface area contributed by atoms with Crippen LogP contribution in [0.3, 0.4) is 0 Å². The van der Waals surface area contributed by atoms with Crippen LogP contribution in [-0.4, -0.2) is 28.8 Å². The number of halogens is 3. The average molecular weight is 392 g/mol. The van der Waals surface area contributed by atoms with E-state index < -0.39 is 35.6 Å². The van der Waals surface area contributed by atoms with E-state index >= 15 is 0 Å². The van der Waals surface area contributed by atoms with Crippen LogP contribution < -0.4 is 10.8 Å². The van der Waals surface area contributed by atoms with Gasteiger partial charge in [-0.3, -0.25) is 4.98 Å². The van der Waals surface area contributed by atoms with E-state index in [9.17, 15) is 13.2 Å². The highest BCUT2D eigenvalue weighted by Crippen LogP contribution is 2.45. The van der Waals surface area contributed by atoms with Crippen LogP contribution in [0.4, 0.5) is 13.2 Å². The van der Waals surface area contributed by atoms with Gasteiger partial charge in [-0.15, -0.1) is 0 Å². The summed E-state index contributed by atoms with van der Waals surface area (Å²) >= 11 is 0. The molecule has 1 N–H and O–H groups in total. The van der Waals surface area contributed by atoms with Gasteiger partial charge in [0.25, 0.3) is 5.92 Å². The fraction of sp³-hybridized carbons (Fsp3) is 0.550. The number of alkyl halides is 2. The van der Waals surface area contributed by atoms with Crippen LogP contribution in [0.2, 0.25) is 0 Å². The Bertz CT molecular complexity index is 960. The third-order valence-electron chi connectivity index (χ3n) is 6.41. The Labute approximate surface area is 163 Å². The van der Waals surface area contributed by atoms with Crippen molar-refractivity contribution in [2.45, 2.75) is 70.8 Å². The molecule has 1 saturated heterocycles. The second-order valence-corrected chi connectivity index (χ2v) is 9.19. The summed E-state index contributed by atoms with van der Waals surface area (Å²) in [7, 11) is -0.784. The maximum absolute atomic E-state index is 15.0. The van der Waals surface area contributed by atoms with E-state index in [0.717, 1.165) is 6.20 Å². The minimum atomic E-state index is -3.14. The fourth-order valence-corrected chi connectivity index (χ4v) is 3.67. The van der Waals surface area contributed by atoms with Crippen molar-refractivity contribution in [3.8, 4) is 0 Å². The Hall–Kier alpha value is -1.64. The summed E-state index contributed by atoms with van der Waals surface area (Å²) in [4.78, 5) is 4.02. The molecule has 0 saturated carbocycles. The molecule has 28 heavy (non-hydrogen) atoms. The molecule has 1 aromatic carbocycles. The minimum Gasteiger partial charge on any atom is -0.399 e. The molecule has 4 rings (SSSR count). The molecule has 0 atom stereocenters. The highest BCUT2D eigenvalue weighted by Gasteiger charge is 2.53. The Morgan fingerprint density at radius 2 is 1.64 bits per heavy atom. The summed E-state index contributed by atoms with van der Waals surface area (Å²) in [6.07, 6.45) is 1.10. The molecule has 1 fully saturated rings. The van der Waals surface area contributed by atoms with E-state index in [1.165, 1.54) is 19.9 Å². The van der Waals surface area contributed by atoms with Gasteiger partial charge in [0.2, 0.25) is 0 Å². The standard InChI is InChI=1S/C20H24BF3N2O2/c1-17(2)20(23,24)14-10-25-16-12(13(14)9-26-17)7-11(8-15(16)22)21-27-18(3,4)19(5,6)28-21/h7-8,10,26H,9H2,1-6H3. The number of pyridine rings is 1. The molecule has 8 heteroatoms. The van der Waals surface area contributed by atoms with Gasteiger partial charge in [-0.2, -0.15) is 8.78 Å². The first-order chi connectivity index (χ1) is 12.8. The van der Waals surface area contributed by atoms with Gasteiger partial charge in [-0.1, -0.05) is 6.07 Å². The number of hydrogen-bond donors (Lipinski definition) is 1. The number of nitrogens with zero attached hydrogens (tertiary/aromatic N) is 1. The summed E-state index contributed by atoms with van der Waals surface area (Å²) in [5.41, 5.74) is -1.90. The van der Waals surface area contributed by atoms with Gasteiger partial charge in [-0.25, -0.2) is 4.39 Å². The fourth-order valence-electron chi connectivity index (χ4n) is 3.67. The Kier molecular flexibility index (Phi) is 4.01. The number of rotatable bonds is 1.